The fourth-order valence-electron chi connectivity index (χ4n) is 10.5. The first kappa shape index (κ1) is 64.8. The molecular formula is C64H68Cl4F2N2O8. The Morgan fingerprint density at radius 1 is 0.425 bits per heavy atom. The third-order valence-electron chi connectivity index (χ3n) is 14.2. The Morgan fingerprint density at radius 2 is 0.700 bits per heavy atom. The van der Waals surface area contributed by atoms with Gasteiger partial charge < -0.3 is 19.3 Å². The van der Waals surface area contributed by atoms with Gasteiger partial charge in [-0.15, -0.1) is 0 Å². The van der Waals surface area contributed by atoms with Gasteiger partial charge in [0, 0.05) is 45.0 Å². The summed E-state index contributed by atoms with van der Waals surface area (Å²) >= 11 is 24.9. The van der Waals surface area contributed by atoms with Crippen LogP contribution in [0.4, 0.5) is 8.78 Å². The topological polar surface area (TPSA) is 127 Å². The summed E-state index contributed by atoms with van der Waals surface area (Å²) in [6.45, 7) is 8.67. The first-order chi connectivity index (χ1) is 38.6. The Kier molecular flexibility index (Phi) is 27.2. The van der Waals surface area contributed by atoms with Crippen molar-refractivity contribution >= 4 is 70.5 Å². The number of morpholine rings is 2. The molecule has 0 aromatic heterocycles. The normalized spacial score (nSPS) is 19.4. The summed E-state index contributed by atoms with van der Waals surface area (Å²) in [6.07, 6.45) is 8.89. The highest BCUT2D eigenvalue weighted by atomic mass is 35.5. The standard InChI is InChI=1S/2C31H34Cl2FNO2.2CO2/c2*1-3-5-7-27(6-4-2)35-29(22-10-14-24(32)15-11-22)30(23-12-16-25(33)17-13-23)37-28(31(35)36)20-21-8-18-26(34)19-9-21;2*2-1-3/h2*8-19,27-30H,3-7,20H2,1-2H3;;/t2*27-,28+,29-,30+;;/m10../s1. The Bertz CT molecular complexity index is 2690. The van der Waals surface area contributed by atoms with Crippen molar-refractivity contribution in [3.05, 3.63) is 211 Å². The third kappa shape index (κ3) is 18.5. The second-order valence-electron chi connectivity index (χ2n) is 19.7. The van der Waals surface area contributed by atoms with Crippen molar-refractivity contribution in [1.82, 2.24) is 9.80 Å². The lowest BCUT2D eigenvalue weighted by Crippen LogP contribution is -2.55. The van der Waals surface area contributed by atoms with Gasteiger partial charge in [-0.2, -0.15) is 19.2 Å². The van der Waals surface area contributed by atoms with Gasteiger partial charge in [0.2, 0.25) is 0 Å². The molecule has 0 aliphatic carbocycles. The van der Waals surface area contributed by atoms with Crippen molar-refractivity contribution < 1.29 is 47.0 Å². The molecule has 0 N–H and O–H groups in total. The Labute approximate surface area is 488 Å². The van der Waals surface area contributed by atoms with Gasteiger partial charge in [-0.3, -0.25) is 9.59 Å². The number of benzene rings is 6. The van der Waals surface area contributed by atoms with Crippen molar-refractivity contribution in [2.75, 3.05) is 0 Å². The molecule has 16 heteroatoms. The average Bonchev–Trinajstić information content (AvgIpc) is 3.49. The monoisotopic (exact) mass is 1170 g/mol. The maximum Gasteiger partial charge on any atom is 0.373 e. The number of hydrogen-bond acceptors (Lipinski definition) is 8. The largest absolute Gasteiger partial charge is 0.373 e. The van der Waals surface area contributed by atoms with Gasteiger partial charge >= 0.3 is 12.3 Å². The van der Waals surface area contributed by atoms with E-state index in [4.69, 9.17) is 75.1 Å². The predicted octanol–water partition coefficient (Wildman–Crippen LogP) is 16.3. The predicted molar refractivity (Wildman–Crippen MR) is 307 cm³/mol. The lowest BCUT2D eigenvalue weighted by Gasteiger charge is -2.48. The number of hydrogen-bond donors (Lipinski definition) is 0. The van der Waals surface area contributed by atoms with Crippen LogP contribution in [-0.4, -0.2) is 58.2 Å². The molecule has 2 amide bonds. The van der Waals surface area contributed by atoms with E-state index < -0.39 is 24.4 Å². The van der Waals surface area contributed by atoms with Gasteiger partial charge in [0.05, 0.1) is 12.1 Å². The van der Waals surface area contributed by atoms with E-state index in [9.17, 15) is 18.4 Å². The smallest absolute Gasteiger partial charge is 0.358 e. The molecule has 2 aliphatic rings. The van der Waals surface area contributed by atoms with Gasteiger partial charge in [-0.1, -0.05) is 185 Å². The molecule has 0 unspecified atom stereocenters. The highest BCUT2D eigenvalue weighted by Gasteiger charge is 2.48. The molecule has 0 radical (unpaired) electrons. The van der Waals surface area contributed by atoms with Crippen LogP contribution in [0.5, 0.6) is 0 Å². The highest BCUT2D eigenvalue weighted by Crippen LogP contribution is 2.47. The average molecular weight is 1170 g/mol. The molecule has 2 saturated heterocycles. The van der Waals surface area contributed by atoms with Crippen LogP contribution in [0.15, 0.2) is 146 Å². The fourth-order valence-corrected chi connectivity index (χ4v) is 11.0. The summed E-state index contributed by atoms with van der Waals surface area (Å²) in [4.78, 5) is 65.1. The molecule has 2 aliphatic heterocycles. The molecule has 0 spiro atoms. The molecule has 424 valence electrons. The summed E-state index contributed by atoms with van der Waals surface area (Å²) < 4.78 is 40.5. The molecule has 6 aromatic carbocycles. The Balaban J connectivity index is 0.000000268. The second-order valence-corrected chi connectivity index (χ2v) is 21.4. The van der Waals surface area contributed by atoms with Crippen LogP contribution in [0.25, 0.3) is 0 Å². The summed E-state index contributed by atoms with van der Waals surface area (Å²) in [5, 5.41) is 2.58. The van der Waals surface area contributed by atoms with Crippen LogP contribution in [0.3, 0.4) is 0 Å². The minimum absolute atomic E-state index is 0.0240. The van der Waals surface area contributed by atoms with E-state index in [0.717, 1.165) is 97.6 Å². The van der Waals surface area contributed by atoms with E-state index in [1.807, 2.05) is 97.1 Å². The van der Waals surface area contributed by atoms with E-state index in [2.05, 4.69) is 37.5 Å². The number of halogens is 6. The van der Waals surface area contributed by atoms with Gasteiger partial charge in [0.15, 0.2) is 0 Å². The Morgan fingerprint density at radius 3 is 0.963 bits per heavy atom. The zero-order valence-electron chi connectivity index (χ0n) is 45.4. The van der Waals surface area contributed by atoms with Gasteiger partial charge in [-0.25, -0.2) is 8.78 Å². The van der Waals surface area contributed by atoms with E-state index in [1.165, 1.54) is 24.3 Å². The van der Waals surface area contributed by atoms with Crippen LogP contribution in [0, 0.1) is 11.6 Å². The maximum absolute atomic E-state index is 14.2. The molecule has 2 heterocycles. The molecule has 8 rings (SSSR count). The van der Waals surface area contributed by atoms with Crippen molar-refractivity contribution in [2.45, 2.75) is 153 Å². The summed E-state index contributed by atoms with van der Waals surface area (Å²) in [5.74, 6) is -0.649. The second kappa shape index (κ2) is 33.6. The van der Waals surface area contributed by atoms with E-state index in [-0.39, 0.29) is 59.9 Å². The van der Waals surface area contributed by atoms with Crippen LogP contribution in [0.2, 0.25) is 20.1 Å². The highest BCUT2D eigenvalue weighted by molar-refractivity contribution is 6.31. The fraction of sp³-hybridized carbons (Fsp3) is 0.375. The minimum Gasteiger partial charge on any atom is -0.358 e. The lowest BCUT2D eigenvalue weighted by atomic mass is 9.88. The number of nitrogens with zero attached hydrogens (tertiary/aromatic N) is 2. The van der Waals surface area contributed by atoms with E-state index in [1.54, 1.807) is 24.3 Å². The van der Waals surface area contributed by atoms with Crippen LogP contribution in [-0.2, 0) is 51.1 Å². The van der Waals surface area contributed by atoms with Crippen LogP contribution in [0.1, 0.15) is 150 Å². The quantitative estimate of drug-likeness (QED) is 0.0739. The van der Waals surface area contributed by atoms with Gasteiger partial charge in [-0.05, 0) is 132 Å². The van der Waals surface area contributed by atoms with Crippen molar-refractivity contribution in [3.8, 4) is 0 Å². The van der Waals surface area contributed by atoms with E-state index >= 15 is 0 Å². The first-order valence-electron chi connectivity index (χ1n) is 27.1. The van der Waals surface area contributed by atoms with Crippen molar-refractivity contribution in [3.63, 3.8) is 0 Å². The summed E-state index contributed by atoms with van der Waals surface area (Å²) in [6, 6.07) is 42.8. The third-order valence-corrected chi connectivity index (χ3v) is 15.2. The molecule has 6 aromatic rings. The number of ether oxygens (including phenoxy) is 2. The zero-order valence-corrected chi connectivity index (χ0v) is 48.4. The molecule has 0 bridgehead atoms. The SMILES string of the molecule is CCCC[C@@H](CCC)N1C(=O)[C@H](Cc2ccc(F)cc2)O[C@@H](c2ccc(Cl)cc2)[C@H]1c1ccc(Cl)cc1.CCCC[C@H](CCC)N1C(=O)[C@@H](Cc2ccc(F)cc2)O[C@H](c2ccc(Cl)cc2)[C@@H]1c1ccc(Cl)cc1.O=C=O.O=C=O. The molecular weight excluding hydrogens is 1100 g/mol. The summed E-state index contributed by atoms with van der Waals surface area (Å²) in [7, 11) is 0. The van der Waals surface area contributed by atoms with Crippen LogP contribution >= 0.6 is 46.4 Å². The van der Waals surface area contributed by atoms with Gasteiger partial charge in [0.1, 0.15) is 36.1 Å². The molecule has 8 atom stereocenters. The maximum atomic E-state index is 14.2. The zero-order chi connectivity index (χ0) is 58.1. The van der Waals surface area contributed by atoms with Crippen molar-refractivity contribution in [1.29, 1.82) is 0 Å². The van der Waals surface area contributed by atoms with Crippen LogP contribution < -0.4 is 0 Å². The number of amides is 2. The number of carbonyl (C=O) groups is 2. The van der Waals surface area contributed by atoms with Crippen molar-refractivity contribution in [2.24, 2.45) is 0 Å². The number of carbonyl (C=O) groups excluding carboxylic acids is 6. The first-order valence-corrected chi connectivity index (χ1v) is 28.6. The molecule has 2 fully saturated rings. The minimum atomic E-state index is -0.685. The van der Waals surface area contributed by atoms with E-state index in [0.29, 0.717) is 32.9 Å². The molecule has 0 saturated carbocycles. The number of rotatable bonds is 20. The summed E-state index contributed by atoms with van der Waals surface area (Å²) in [5.41, 5.74) is 5.60. The van der Waals surface area contributed by atoms with Gasteiger partial charge in [0.25, 0.3) is 11.8 Å². The lowest BCUT2D eigenvalue weighted by molar-refractivity contribution is -0.193. The molecule has 10 nitrogen and oxygen atoms in total. The Hall–Kier alpha value is -6.04. The number of unbranched alkanes of at least 4 members (excludes halogenated alkanes) is 2. The molecule has 80 heavy (non-hydrogen) atoms.